The number of hydrogen-bond donors (Lipinski definition) is 2. The van der Waals surface area contributed by atoms with Crippen molar-refractivity contribution in [1.29, 1.82) is 0 Å². The van der Waals surface area contributed by atoms with E-state index in [0.29, 0.717) is 18.2 Å². The Labute approximate surface area is 172 Å². The quantitative estimate of drug-likeness (QED) is 0.526. The molecule has 2 amide bonds. The summed E-state index contributed by atoms with van der Waals surface area (Å²) >= 11 is 2.85. The molecule has 1 aliphatic carbocycles. The molecule has 0 unspecified atom stereocenters. The van der Waals surface area contributed by atoms with E-state index < -0.39 is 6.04 Å². The maximum Gasteiger partial charge on any atom is 0.263 e. The second kappa shape index (κ2) is 9.09. The first kappa shape index (κ1) is 20.9. The minimum Gasteiger partial charge on any atom is -0.355 e. The van der Waals surface area contributed by atoms with Crippen LogP contribution < -0.4 is 16.2 Å². The Morgan fingerprint density at radius 3 is 2.75 bits per heavy atom. The summed E-state index contributed by atoms with van der Waals surface area (Å²) in [5.74, 6) is -0.367. The summed E-state index contributed by atoms with van der Waals surface area (Å²) in [6.07, 6.45) is 4.24. The number of carbonyl (C=O) groups excluding carboxylic acids is 2. The van der Waals surface area contributed by atoms with E-state index in [9.17, 15) is 14.4 Å². The van der Waals surface area contributed by atoms with Crippen molar-refractivity contribution < 1.29 is 9.59 Å². The number of likely N-dealkylation sites (N-methyl/N-ethyl adjacent to an activating group) is 1. The number of hydrogen-bond acceptors (Lipinski definition) is 6. The van der Waals surface area contributed by atoms with Crippen molar-refractivity contribution in [1.82, 2.24) is 20.2 Å². The molecule has 2 aromatic heterocycles. The number of thiophene rings is 1. The zero-order valence-corrected chi connectivity index (χ0v) is 18.1. The maximum absolute atomic E-state index is 13.1. The van der Waals surface area contributed by atoms with E-state index in [4.69, 9.17) is 4.98 Å². The fraction of sp³-hybridized carbons (Fsp3) is 0.579. The Hall–Kier alpha value is -1.87. The van der Waals surface area contributed by atoms with Crippen molar-refractivity contribution in [3.8, 4) is 0 Å². The number of thioether (sulfide) groups is 1. The molecule has 0 fully saturated rings. The van der Waals surface area contributed by atoms with Crippen LogP contribution in [0.4, 0.5) is 0 Å². The van der Waals surface area contributed by atoms with Gasteiger partial charge in [-0.2, -0.15) is 0 Å². The van der Waals surface area contributed by atoms with Crippen molar-refractivity contribution in [2.75, 3.05) is 12.3 Å². The SMILES string of the molecule is CCNC(=O)[C@@H](C)NC(=O)CSc1nc2sc3c(c2c(=O)n1CC)CCCC3. The largest absolute Gasteiger partial charge is 0.355 e. The predicted octanol–water partition coefficient (Wildman–Crippen LogP) is 2.09. The van der Waals surface area contributed by atoms with E-state index in [-0.39, 0.29) is 23.1 Å². The second-order valence-corrected chi connectivity index (χ2v) is 8.83. The van der Waals surface area contributed by atoms with Crippen LogP contribution in [0.1, 0.15) is 44.1 Å². The number of aromatic nitrogens is 2. The van der Waals surface area contributed by atoms with Gasteiger partial charge in [0, 0.05) is 18.0 Å². The van der Waals surface area contributed by atoms with Crippen molar-refractivity contribution in [2.45, 2.75) is 64.2 Å². The maximum atomic E-state index is 13.1. The first-order valence-electron chi connectivity index (χ1n) is 9.71. The minimum atomic E-state index is -0.596. The Morgan fingerprint density at radius 2 is 2.04 bits per heavy atom. The summed E-state index contributed by atoms with van der Waals surface area (Å²) in [6.45, 7) is 6.42. The van der Waals surface area contributed by atoms with Gasteiger partial charge in [-0.1, -0.05) is 11.8 Å². The van der Waals surface area contributed by atoms with Gasteiger partial charge in [0.15, 0.2) is 5.16 Å². The second-order valence-electron chi connectivity index (χ2n) is 6.81. The highest BCUT2D eigenvalue weighted by molar-refractivity contribution is 7.99. The van der Waals surface area contributed by atoms with Gasteiger partial charge in [-0.05, 0) is 52.0 Å². The highest BCUT2D eigenvalue weighted by Crippen LogP contribution is 2.34. The molecule has 0 aliphatic heterocycles. The standard InChI is InChI=1S/C19H26N4O3S2/c1-4-20-16(25)11(3)21-14(24)10-27-19-22-17-15(18(26)23(19)5-2)12-8-6-7-9-13(12)28-17/h11H,4-10H2,1-3H3,(H,20,25)(H,21,24)/t11-/m1/s1. The van der Waals surface area contributed by atoms with Crippen LogP contribution in [0.25, 0.3) is 10.2 Å². The number of aryl methyl sites for hydroxylation is 2. The fourth-order valence-electron chi connectivity index (χ4n) is 3.42. The van der Waals surface area contributed by atoms with Gasteiger partial charge in [-0.25, -0.2) is 4.98 Å². The Balaban J connectivity index is 1.78. The highest BCUT2D eigenvalue weighted by atomic mass is 32.2. The van der Waals surface area contributed by atoms with Crippen molar-refractivity contribution in [3.63, 3.8) is 0 Å². The fourth-order valence-corrected chi connectivity index (χ4v) is 5.59. The van der Waals surface area contributed by atoms with Gasteiger partial charge in [-0.15, -0.1) is 11.3 Å². The van der Waals surface area contributed by atoms with Crippen LogP contribution in [0.2, 0.25) is 0 Å². The summed E-state index contributed by atoms with van der Waals surface area (Å²) in [7, 11) is 0. The summed E-state index contributed by atoms with van der Waals surface area (Å²) in [6, 6.07) is -0.596. The molecule has 0 aromatic carbocycles. The lowest BCUT2D eigenvalue weighted by molar-refractivity contribution is -0.127. The molecule has 0 saturated carbocycles. The molecule has 7 nitrogen and oxygen atoms in total. The van der Waals surface area contributed by atoms with E-state index in [1.54, 1.807) is 22.8 Å². The molecule has 0 radical (unpaired) electrons. The van der Waals surface area contributed by atoms with Crippen LogP contribution >= 0.6 is 23.1 Å². The Kier molecular flexibility index (Phi) is 6.77. The normalized spacial score (nSPS) is 14.5. The lowest BCUT2D eigenvalue weighted by Crippen LogP contribution is -2.45. The molecule has 3 rings (SSSR count). The van der Waals surface area contributed by atoms with Crippen LogP contribution in [0.5, 0.6) is 0 Å². The number of nitrogens with zero attached hydrogens (tertiary/aromatic N) is 2. The molecule has 2 aromatic rings. The minimum absolute atomic E-state index is 0.00880. The molecule has 28 heavy (non-hydrogen) atoms. The summed E-state index contributed by atoms with van der Waals surface area (Å²) in [4.78, 5) is 43.8. The Morgan fingerprint density at radius 1 is 1.29 bits per heavy atom. The number of amides is 2. The number of carbonyl (C=O) groups is 2. The lowest BCUT2D eigenvalue weighted by atomic mass is 9.97. The molecule has 152 valence electrons. The van der Waals surface area contributed by atoms with Crippen LogP contribution in [0.15, 0.2) is 9.95 Å². The molecule has 0 bridgehead atoms. The van der Waals surface area contributed by atoms with Crippen LogP contribution in [0, 0.1) is 0 Å². The average Bonchev–Trinajstić information content (AvgIpc) is 3.05. The molecule has 0 spiro atoms. The third kappa shape index (κ3) is 4.25. The molecule has 9 heteroatoms. The zero-order chi connectivity index (χ0) is 20.3. The first-order valence-corrected chi connectivity index (χ1v) is 11.5. The predicted molar refractivity (Wildman–Crippen MR) is 113 cm³/mol. The van der Waals surface area contributed by atoms with Gasteiger partial charge >= 0.3 is 0 Å². The van der Waals surface area contributed by atoms with Crippen molar-refractivity contribution >= 4 is 45.1 Å². The number of rotatable bonds is 7. The van der Waals surface area contributed by atoms with Crippen molar-refractivity contribution in [2.24, 2.45) is 0 Å². The van der Waals surface area contributed by atoms with E-state index in [1.807, 2.05) is 13.8 Å². The van der Waals surface area contributed by atoms with E-state index in [0.717, 1.165) is 35.9 Å². The van der Waals surface area contributed by atoms with E-state index in [2.05, 4.69) is 10.6 Å². The van der Waals surface area contributed by atoms with Crippen LogP contribution in [-0.2, 0) is 29.0 Å². The van der Waals surface area contributed by atoms with Gasteiger partial charge in [0.1, 0.15) is 10.9 Å². The van der Waals surface area contributed by atoms with Gasteiger partial charge in [0.25, 0.3) is 5.56 Å². The van der Waals surface area contributed by atoms with Crippen molar-refractivity contribution in [3.05, 3.63) is 20.8 Å². The van der Waals surface area contributed by atoms with Gasteiger partial charge in [0.2, 0.25) is 11.8 Å². The van der Waals surface area contributed by atoms with Crippen LogP contribution in [-0.4, -0.2) is 39.7 Å². The smallest absolute Gasteiger partial charge is 0.263 e. The molecule has 1 atom stereocenters. The van der Waals surface area contributed by atoms with E-state index in [1.165, 1.54) is 22.2 Å². The molecule has 2 heterocycles. The summed E-state index contributed by atoms with van der Waals surface area (Å²) < 4.78 is 1.65. The Bertz CT molecular complexity index is 951. The molecular formula is C19H26N4O3S2. The van der Waals surface area contributed by atoms with Gasteiger partial charge < -0.3 is 10.6 Å². The topological polar surface area (TPSA) is 93.1 Å². The number of nitrogens with one attached hydrogen (secondary N) is 2. The van der Waals surface area contributed by atoms with Gasteiger partial charge in [0.05, 0.1) is 11.1 Å². The summed E-state index contributed by atoms with van der Waals surface area (Å²) in [5, 5.41) is 6.68. The lowest BCUT2D eigenvalue weighted by Gasteiger charge is -2.14. The monoisotopic (exact) mass is 422 g/mol. The third-order valence-corrected chi connectivity index (χ3v) is 6.97. The van der Waals surface area contributed by atoms with E-state index >= 15 is 0 Å². The molecular weight excluding hydrogens is 396 g/mol. The van der Waals surface area contributed by atoms with Crippen LogP contribution in [0.3, 0.4) is 0 Å². The zero-order valence-electron chi connectivity index (χ0n) is 16.5. The molecule has 2 N–H and O–H groups in total. The molecule has 0 saturated heterocycles. The number of fused-ring (bicyclic) bond motifs is 3. The molecule has 1 aliphatic rings. The highest BCUT2D eigenvalue weighted by Gasteiger charge is 2.22. The summed E-state index contributed by atoms with van der Waals surface area (Å²) in [5.41, 5.74) is 1.17. The third-order valence-electron chi connectivity index (χ3n) is 4.81. The first-order chi connectivity index (χ1) is 13.5. The van der Waals surface area contributed by atoms with Gasteiger partial charge in [-0.3, -0.25) is 19.0 Å². The average molecular weight is 423 g/mol.